The van der Waals surface area contributed by atoms with Gasteiger partial charge in [0.15, 0.2) is 17.5 Å². The second-order valence-corrected chi connectivity index (χ2v) is 13.4. The Hall–Kier alpha value is -6.99. The lowest BCUT2D eigenvalue weighted by atomic mass is 9.70. The van der Waals surface area contributed by atoms with Crippen molar-refractivity contribution >= 4 is 36.2 Å². The largest absolute Gasteiger partial charge is 0.292 e. The Bertz CT molecular complexity index is 2520. The number of aromatic nitrogens is 3. The zero-order valence-corrected chi connectivity index (χ0v) is 30.6. The van der Waals surface area contributed by atoms with Crippen molar-refractivity contribution in [2.75, 3.05) is 13.1 Å². The molecule has 1 aromatic heterocycles. The highest BCUT2D eigenvalue weighted by atomic mass is 15.0. The molecule has 7 aromatic rings. The van der Waals surface area contributed by atoms with Crippen LogP contribution in [0.25, 0.3) is 56.4 Å². The molecule has 6 aromatic carbocycles. The molecular formula is C48H37N7. The number of rotatable bonds is 9. The molecule has 0 radical (unpaired) electrons. The Kier molecular flexibility index (Phi) is 8.88. The quantitative estimate of drug-likeness (QED) is 0.140. The maximum Gasteiger partial charge on any atom is 0.164 e. The minimum absolute atomic E-state index is 0.468. The molecule has 0 saturated heterocycles. The zero-order chi connectivity index (χ0) is 37.2. The lowest BCUT2D eigenvalue weighted by Gasteiger charge is -2.30. The van der Waals surface area contributed by atoms with Crippen LogP contribution >= 0.6 is 0 Å². The first-order chi connectivity index (χ1) is 27.2. The van der Waals surface area contributed by atoms with Gasteiger partial charge in [-0.3, -0.25) is 20.0 Å². The number of nitrogens with zero attached hydrogens (tertiary/aromatic N) is 7. The van der Waals surface area contributed by atoms with Crippen LogP contribution in [-0.2, 0) is 5.41 Å². The highest BCUT2D eigenvalue weighted by Crippen LogP contribution is 2.62. The highest BCUT2D eigenvalue weighted by Gasteiger charge is 2.51. The Labute approximate surface area is 320 Å². The lowest BCUT2D eigenvalue weighted by molar-refractivity contribution is 0.794. The van der Waals surface area contributed by atoms with Crippen molar-refractivity contribution in [2.45, 2.75) is 19.3 Å². The fourth-order valence-electron chi connectivity index (χ4n) is 7.93. The first-order valence-electron chi connectivity index (χ1n) is 18.6. The summed E-state index contributed by atoms with van der Waals surface area (Å²) in [5.41, 5.74) is 14.0. The van der Waals surface area contributed by atoms with Crippen molar-refractivity contribution in [3.63, 3.8) is 0 Å². The van der Waals surface area contributed by atoms with Crippen LogP contribution in [0.1, 0.15) is 36.1 Å². The first kappa shape index (κ1) is 33.8. The number of hydrogen-bond donors (Lipinski definition) is 0. The average molecular weight is 712 g/mol. The van der Waals surface area contributed by atoms with Crippen LogP contribution in [0.4, 0.5) is 11.4 Å². The van der Waals surface area contributed by atoms with Crippen LogP contribution in [0.5, 0.6) is 0 Å². The van der Waals surface area contributed by atoms with Gasteiger partial charge in [-0.15, -0.1) is 0 Å². The van der Waals surface area contributed by atoms with Gasteiger partial charge in [0.2, 0.25) is 0 Å². The third-order valence-electron chi connectivity index (χ3n) is 10.3. The van der Waals surface area contributed by atoms with E-state index in [0.717, 1.165) is 41.2 Å². The van der Waals surface area contributed by atoms with E-state index in [9.17, 15) is 0 Å². The van der Waals surface area contributed by atoms with E-state index in [4.69, 9.17) is 15.0 Å². The Balaban J connectivity index is 1.20. The molecule has 2 aliphatic carbocycles. The number of fused-ring (bicyclic) bond motifs is 10. The van der Waals surface area contributed by atoms with Gasteiger partial charge in [-0.25, -0.2) is 15.0 Å². The van der Waals surface area contributed by atoms with E-state index in [1.165, 1.54) is 44.5 Å². The summed E-state index contributed by atoms with van der Waals surface area (Å²) >= 11 is 0. The van der Waals surface area contributed by atoms with Crippen LogP contribution in [0, 0.1) is 0 Å². The fraction of sp³-hybridized carbons (Fsp3) is 0.104. The molecule has 0 saturated carbocycles. The van der Waals surface area contributed by atoms with Crippen LogP contribution in [0.3, 0.4) is 0 Å². The van der Waals surface area contributed by atoms with E-state index >= 15 is 0 Å². The summed E-state index contributed by atoms with van der Waals surface area (Å²) in [5.74, 6) is 1.76. The molecule has 0 fully saturated rings. The molecule has 0 amide bonds. The highest BCUT2D eigenvalue weighted by molar-refractivity contribution is 6.17. The molecule has 1 heterocycles. The fourth-order valence-corrected chi connectivity index (χ4v) is 7.93. The smallest absolute Gasteiger partial charge is 0.164 e. The molecule has 9 rings (SSSR count). The predicted molar refractivity (Wildman–Crippen MR) is 227 cm³/mol. The normalized spacial score (nSPS) is 13.6. The topological polar surface area (TPSA) is 88.1 Å². The first-order valence-corrected chi connectivity index (χ1v) is 18.6. The maximum atomic E-state index is 5.15. The third kappa shape index (κ3) is 5.90. The minimum Gasteiger partial charge on any atom is -0.292 e. The van der Waals surface area contributed by atoms with Gasteiger partial charge < -0.3 is 0 Å². The molecule has 0 N–H and O–H groups in total. The summed E-state index contributed by atoms with van der Waals surface area (Å²) < 4.78 is 0. The van der Waals surface area contributed by atoms with Crippen molar-refractivity contribution in [2.24, 2.45) is 20.0 Å². The second-order valence-electron chi connectivity index (χ2n) is 13.4. The van der Waals surface area contributed by atoms with Gasteiger partial charge >= 0.3 is 0 Å². The standard InChI is InChI=1S/C48H37N7/c1-3-49-27-29-51-35-22-17-32(18-23-35)45-53-46(33-19-24-36(25-20-33)52-30-28-50-4-2)55-47(54-45)34-21-26-40-39-13-7-10-16-43(39)48(44(40)31-34)41-14-8-5-11-37(41)38-12-6-9-15-42(38)48/h5-31H,3-4H2,1-2H3. The molecular weight excluding hydrogens is 675 g/mol. The monoisotopic (exact) mass is 711 g/mol. The van der Waals surface area contributed by atoms with Crippen molar-refractivity contribution in [1.82, 2.24) is 15.0 Å². The molecule has 7 heteroatoms. The van der Waals surface area contributed by atoms with Crippen LogP contribution in [0.15, 0.2) is 159 Å². The molecule has 0 bridgehead atoms. The molecule has 0 atom stereocenters. The van der Waals surface area contributed by atoms with Crippen LogP contribution < -0.4 is 0 Å². The van der Waals surface area contributed by atoms with Crippen molar-refractivity contribution in [3.8, 4) is 56.4 Å². The van der Waals surface area contributed by atoms with Gasteiger partial charge in [0, 0.05) is 54.6 Å². The van der Waals surface area contributed by atoms with E-state index in [-0.39, 0.29) is 0 Å². The van der Waals surface area contributed by atoms with Crippen molar-refractivity contribution in [3.05, 3.63) is 162 Å². The summed E-state index contributed by atoms with van der Waals surface area (Å²) in [6, 6.07) is 49.1. The molecule has 264 valence electrons. The Morgan fingerprint density at radius 2 is 0.800 bits per heavy atom. The molecule has 0 unspecified atom stereocenters. The summed E-state index contributed by atoms with van der Waals surface area (Å²) in [5, 5.41) is 0. The van der Waals surface area contributed by atoms with Gasteiger partial charge in [0.25, 0.3) is 0 Å². The maximum absolute atomic E-state index is 5.15. The number of benzene rings is 6. The SMILES string of the molecule is CCN=CC=Nc1ccc(-c2nc(-c3ccc(N=CC=NCC)cc3)nc(-c3ccc4c(c3)C3(c5ccccc5-c5ccccc53)c3ccccc3-4)n2)cc1. The van der Waals surface area contributed by atoms with Gasteiger partial charge in [-0.05, 0) is 113 Å². The zero-order valence-electron chi connectivity index (χ0n) is 30.6. The van der Waals surface area contributed by atoms with Gasteiger partial charge in [0.1, 0.15) is 0 Å². The van der Waals surface area contributed by atoms with Gasteiger partial charge in [-0.2, -0.15) is 0 Å². The van der Waals surface area contributed by atoms with Crippen molar-refractivity contribution < 1.29 is 0 Å². The Morgan fingerprint density at radius 3 is 1.24 bits per heavy atom. The van der Waals surface area contributed by atoms with E-state index in [1.807, 2.05) is 62.4 Å². The summed E-state index contributed by atoms with van der Waals surface area (Å²) in [6.45, 7) is 5.43. The molecule has 7 nitrogen and oxygen atoms in total. The van der Waals surface area contributed by atoms with E-state index in [0.29, 0.717) is 17.5 Å². The Morgan fingerprint density at radius 1 is 0.418 bits per heavy atom. The summed E-state index contributed by atoms with van der Waals surface area (Å²) in [4.78, 5) is 32.8. The van der Waals surface area contributed by atoms with Crippen LogP contribution in [0.2, 0.25) is 0 Å². The molecule has 0 aliphatic heterocycles. The summed E-state index contributed by atoms with van der Waals surface area (Å²) in [7, 11) is 0. The number of hydrogen-bond acceptors (Lipinski definition) is 7. The third-order valence-corrected chi connectivity index (χ3v) is 10.3. The number of aliphatic imine (C=N–C) groups is 4. The van der Waals surface area contributed by atoms with Crippen LogP contribution in [-0.4, -0.2) is 52.9 Å². The van der Waals surface area contributed by atoms with E-state index in [1.54, 1.807) is 24.9 Å². The predicted octanol–water partition coefficient (Wildman–Crippen LogP) is 10.8. The second kappa shape index (κ2) is 14.4. The summed E-state index contributed by atoms with van der Waals surface area (Å²) in [6.07, 6.45) is 6.86. The van der Waals surface area contributed by atoms with E-state index in [2.05, 4.69) is 111 Å². The lowest BCUT2D eigenvalue weighted by Crippen LogP contribution is -2.25. The molecule has 2 aliphatic rings. The molecule has 55 heavy (non-hydrogen) atoms. The molecule has 1 spiro atoms. The van der Waals surface area contributed by atoms with E-state index < -0.39 is 5.41 Å². The average Bonchev–Trinajstić information content (AvgIpc) is 3.71. The minimum atomic E-state index is -0.468. The van der Waals surface area contributed by atoms with Gasteiger partial charge in [-0.1, -0.05) is 84.9 Å². The van der Waals surface area contributed by atoms with Gasteiger partial charge in [0.05, 0.1) is 16.8 Å². The van der Waals surface area contributed by atoms with Crippen molar-refractivity contribution in [1.29, 1.82) is 0 Å².